The Balaban J connectivity index is 2.08. The molecule has 0 radical (unpaired) electrons. The molecule has 108 valence electrons. The van der Waals surface area contributed by atoms with Crippen LogP contribution < -0.4 is 0 Å². The fraction of sp³-hybridized carbons (Fsp3) is 0.188. The predicted octanol–water partition coefficient (Wildman–Crippen LogP) is 4.82. The van der Waals surface area contributed by atoms with Gasteiger partial charge in [0.25, 0.3) is 0 Å². The second kappa shape index (κ2) is 5.95. The van der Waals surface area contributed by atoms with Crippen LogP contribution in [0.15, 0.2) is 47.5 Å². The highest BCUT2D eigenvalue weighted by Gasteiger charge is 2.31. The van der Waals surface area contributed by atoms with E-state index in [1.54, 1.807) is 11.3 Å². The number of fused-ring (bicyclic) bond motifs is 1. The normalized spacial score (nSPS) is 17.4. The maximum Gasteiger partial charge on any atom is 0.246 e. The molecule has 1 aliphatic rings. The SMILES string of the molecule is C=CC(=O)N1Cc2sc(Cl)cc2[C@H](c2ccccc2Br)C1. The van der Waals surface area contributed by atoms with E-state index < -0.39 is 0 Å². The van der Waals surface area contributed by atoms with Gasteiger partial charge in [-0.25, -0.2) is 0 Å². The van der Waals surface area contributed by atoms with Crippen molar-refractivity contribution in [1.29, 1.82) is 0 Å². The van der Waals surface area contributed by atoms with Gasteiger partial charge in [0.2, 0.25) is 5.91 Å². The maximum atomic E-state index is 12.0. The Morgan fingerprint density at radius 2 is 2.19 bits per heavy atom. The highest BCUT2D eigenvalue weighted by molar-refractivity contribution is 9.10. The van der Waals surface area contributed by atoms with E-state index in [-0.39, 0.29) is 11.8 Å². The van der Waals surface area contributed by atoms with Crippen molar-refractivity contribution >= 4 is 44.8 Å². The van der Waals surface area contributed by atoms with E-state index in [1.165, 1.54) is 17.2 Å². The summed E-state index contributed by atoms with van der Waals surface area (Å²) >= 11 is 11.3. The standard InChI is InChI=1S/C16H13BrClNOS/c1-2-16(20)19-8-12(10-5-3-4-6-13(10)17)11-7-15(18)21-14(11)9-19/h2-7,12H,1,8-9H2/t12-/m0/s1. The van der Waals surface area contributed by atoms with Crippen molar-refractivity contribution in [1.82, 2.24) is 4.90 Å². The highest BCUT2D eigenvalue weighted by Crippen LogP contribution is 2.41. The van der Waals surface area contributed by atoms with Crippen LogP contribution in [0.25, 0.3) is 0 Å². The molecule has 2 aromatic rings. The molecule has 0 N–H and O–H groups in total. The minimum absolute atomic E-state index is 0.0396. The Kier molecular flexibility index (Phi) is 4.20. The number of thiophene rings is 1. The van der Waals surface area contributed by atoms with Gasteiger partial charge in [-0.1, -0.05) is 52.3 Å². The predicted molar refractivity (Wildman–Crippen MR) is 90.9 cm³/mol. The summed E-state index contributed by atoms with van der Waals surface area (Å²) in [5.74, 6) is 0.0965. The Hall–Kier alpha value is -1.10. The fourth-order valence-electron chi connectivity index (χ4n) is 2.70. The summed E-state index contributed by atoms with van der Waals surface area (Å²) in [5.41, 5.74) is 2.40. The van der Waals surface area contributed by atoms with Crippen LogP contribution in [-0.4, -0.2) is 17.4 Å². The molecule has 1 aromatic heterocycles. The van der Waals surface area contributed by atoms with Gasteiger partial charge < -0.3 is 4.90 Å². The molecule has 0 bridgehead atoms. The van der Waals surface area contributed by atoms with Gasteiger partial charge >= 0.3 is 0 Å². The monoisotopic (exact) mass is 381 g/mol. The molecule has 0 unspecified atom stereocenters. The summed E-state index contributed by atoms with van der Waals surface area (Å²) < 4.78 is 1.82. The van der Waals surface area contributed by atoms with Crippen LogP contribution >= 0.6 is 38.9 Å². The lowest BCUT2D eigenvalue weighted by Gasteiger charge is -2.33. The molecule has 0 aliphatic carbocycles. The van der Waals surface area contributed by atoms with Crippen LogP contribution in [-0.2, 0) is 11.3 Å². The van der Waals surface area contributed by atoms with E-state index >= 15 is 0 Å². The molecular formula is C16H13BrClNOS. The van der Waals surface area contributed by atoms with E-state index in [9.17, 15) is 4.79 Å². The van der Waals surface area contributed by atoms with Crippen molar-refractivity contribution in [3.8, 4) is 0 Å². The van der Waals surface area contributed by atoms with Crippen molar-refractivity contribution in [2.24, 2.45) is 0 Å². The molecule has 1 amide bonds. The van der Waals surface area contributed by atoms with Gasteiger partial charge in [0, 0.05) is 21.8 Å². The zero-order chi connectivity index (χ0) is 15.0. The molecule has 1 aliphatic heterocycles. The summed E-state index contributed by atoms with van der Waals surface area (Å²) in [4.78, 5) is 15.0. The molecule has 3 rings (SSSR count). The van der Waals surface area contributed by atoms with Gasteiger partial charge in [0.15, 0.2) is 0 Å². The minimum Gasteiger partial charge on any atom is -0.333 e. The molecule has 1 atom stereocenters. The molecule has 0 saturated carbocycles. The third-order valence-corrected chi connectivity index (χ3v) is 5.68. The first kappa shape index (κ1) is 14.8. The highest BCUT2D eigenvalue weighted by atomic mass is 79.9. The second-order valence-electron chi connectivity index (χ2n) is 4.93. The van der Waals surface area contributed by atoms with Gasteiger partial charge in [0.1, 0.15) is 0 Å². The summed E-state index contributed by atoms with van der Waals surface area (Å²) in [7, 11) is 0. The Bertz CT molecular complexity index is 712. The van der Waals surface area contributed by atoms with Crippen LogP contribution in [0.5, 0.6) is 0 Å². The van der Waals surface area contributed by atoms with E-state index in [2.05, 4.69) is 28.6 Å². The molecular weight excluding hydrogens is 370 g/mol. The number of amides is 1. The van der Waals surface area contributed by atoms with Gasteiger partial charge in [-0.15, -0.1) is 11.3 Å². The summed E-state index contributed by atoms with van der Waals surface area (Å²) in [6.07, 6.45) is 1.37. The maximum absolute atomic E-state index is 12.0. The van der Waals surface area contributed by atoms with Crippen molar-refractivity contribution in [2.75, 3.05) is 6.54 Å². The summed E-state index contributed by atoms with van der Waals surface area (Å²) in [6.45, 7) is 4.85. The molecule has 2 nitrogen and oxygen atoms in total. The number of carbonyl (C=O) groups excluding carboxylic acids is 1. The summed E-state index contributed by atoms with van der Waals surface area (Å²) in [6, 6.07) is 10.2. The van der Waals surface area contributed by atoms with E-state index in [0.29, 0.717) is 13.1 Å². The average molecular weight is 383 g/mol. The van der Waals surface area contributed by atoms with Crippen LogP contribution in [0.3, 0.4) is 0 Å². The number of nitrogens with zero attached hydrogens (tertiary/aromatic N) is 1. The van der Waals surface area contributed by atoms with Gasteiger partial charge in [-0.2, -0.15) is 0 Å². The van der Waals surface area contributed by atoms with E-state index in [0.717, 1.165) is 13.7 Å². The fourth-order valence-corrected chi connectivity index (χ4v) is 4.62. The van der Waals surface area contributed by atoms with Crippen molar-refractivity contribution in [3.05, 3.63) is 67.8 Å². The lowest BCUT2D eigenvalue weighted by Crippen LogP contribution is -2.37. The number of halogens is 2. The van der Waals surface area contributed by atoms with E-state index in [4.69, 9.17) is 11.6 Å². The number of rotatable bonds is 2. The first-order valence-electron chi connectivity index (χ1n) is 6.54. The van der Waals surface area contributed by atoms with Gasteiger partial charge in [0.05, 0.1) is 10.9 Å². The van der Waals surface area contributed by atoms with Crippen molar-refractivity contribution in [2.45, 2.75) is 12.5 Å². The molecule has 0 spiro atoms. The third-order valence-electron chi connectivity index (χ3n) is 3.69. The van der Waals surface area contributed by atoms with Crippen LogP contribution in [0, 0.1) is 0 Å². The number of hydrogen-bond acceptors (Lipinski definition) is 2. The number of hydrogen-bond donors (Lipinski definition) is 0. The van der Waals surface area contributed by atoms with Crippen molar-refractivity contribution < 1.29 is 4.79 Å². The molecule has 2 heterocycles. The van der Waals surface area contributed by atoms with Crippen LogP contribution in [0.4, 0.5) is 0 Å². The quantitative estimate of drug-likeness (QED) is 0.682. The van der Waals surface area contributed by atoms with Gasteiger partial charge in [-0.3, -0.25) is 4.79 Å². The first-order valence-corrected chi connectivity index (χ1v) is 8.52. The smallest absolute Gasteiger partial charge is 0.246 e. The lowest BCUT2D eigenvalue weighted by molar-refractivity contribution is -0.127. The molecule has 1 aromatic carbocycles. The van der Waals surface area contributed by atoms with Gasteiger partial charge in [-0.05, 0) is 29.3 Å². The largest absolute Gasteiger partial charge is 0.333 e. The van der Waals surface area contributed by atoms with Crippen LogP contribution in [0.2, 0.25) is 4.34 Å². The average Bonchev–Trinajstić information content (AvgIpc) is 2.86. The second-order valence-corrected chi connectivity index (χ2v) is 7.55. The minimum atomic E-state index is -0.0396. The van der Waals surface area contributed by atoms with Crippen molar-refractivity contribution in [3.63, 3.8) is 0 Å². The van der Waals surface area contributed by atoms with Crippen LogP contribution in [0.1, 0.15) is 21.9 Å². The topological polar surface area (TPSA) is 20.3 Å². The number of benzene rings is 1. The first-order chi connectivity index (χ1) is 10.1. The summed E-state index contributed by atoms with van der Waals surface area (Å²) in [5, 5.41) is 0. The molecule has 21 heavy (non-hydrogen) atoms. The lowest BCUT2D eigenvalue weighted by atomic mass is 9.88. The Morgan fingerprint density at radius 3 is 2.90 bits per heavy atom. The third kappa shape index (κ3) is 2.80. The molecule has 0 fully saturated rings. The zero-order valence-corrected chi connectivity index (χ0v) is 14.3. The Labute approximate surface area is 141 Å². The zero-order valence-electron chi connectivity index (χ0n) is 11.2. The Morgan fingerprint density at radius 1 is 1.43 bits per heavy atom. The number of carbonyl (C=O) groups is 1. The molecule has 5 heteroatoms. The molecule has 0 saturated heterocycles. The van der Waals surface area contributed by atoms with E-state index in [1.807, 2.05) is 29.2 Å².